The van der Waals surface area contributed by atoms with Gasteiger partial charge in [-0.15, -0.1) is 10.2 Å². The molecule has 8 heteroatoms. The standard InChI is InChI=1S/C24H27N5O3/c1-17-7-9-22(32-3)21(15-17)25-24(30)29-13-11-28(12-14-29)23-10-8-20(26-27-23)18-5-4-6-19(16-18)31-2/h4-10,15-16H,11-14H2,1-3H3,(H,25,30). The number of piperazine rings is 1. The van der Waals surface area contributed by atoms with E-state index in [2.05, 4.69) is 20.4 Å². The van der Waals surface area contributed by atoms with Gasteiger partial charge >= 0.3 is 6.03 Å². The number of hydrogen-bond acceptors (Lipinski definition) is 6. The lowest BCUT2D eigenvalue weighted by Gasteiger charge is -2.35. The van der Waals surface area contributed by atoms with Gasteiger partial charge in [-0.3, -0.25) is 0 Å². The van der Waals surface area contributed by atoms with Crippen LogP contribution < -0.4 is 19.7 Å². The predicted molar refractivity (Wildman–Crippen MR) is 125 cm³/mol. The average Bonchev–Trinajstić information content (AvgIpc) is 2.84. The molecule has 8 nitrogen and oxygen atoms in total. The number of benzene rings is 2. The normalized spacial score (nSPS) is 13.6. The second-order valence-corrected chi connectivity index (χ2v) is 7.62. The number of nitrogens with zero attached hydrogens (tertiary/aromatic N) is 4. The molecule has 1 aromatic heterocycles. The number of urea groups is 1. The molecular formula is C24H27N5O3. The van der Waals surface area contributed by atoms with Gasteiger partial charge in [0, 0.05) is 31.7 Å². The lowest BCUT2D eigenvalue weighted by Crippen LogP contribution is -2.50. The smallest absolute Gasteiger partial charge is 0.322 e. The van der Waals surface area contributed by atoms with Crippen molar-refractivity contribution in [2.75, 3.05) is 50.6 Å². The highest BCUT2D eigenvalue weighted by Crippen LogP contribution is 2.26. The van der Waals surface area contributed by atoms with E-state index in [4.69, 9.17) is 9.47 Å². The first-order valence-corrected chi connectivity index (χ1v) is 10.5. The van der Waals surface area contributed by atoms with Crippen LogP contribution in [0.3, 0.4) is 0 Å². The topological polar surface area (TPSA) is 79.8 Å². The number of hydrogen-bond donors (Lipinski definition) is 1. The predicted octanol–water partition coefficient (Wildman–Crippen LogP) is 3.82. The van der Waals surface area contributed by atoms with Gasteiger partial charge in [0.05, 0.1) is 25.6 Å². The molecule has 2 amide bonds. The SMILES string of the molecule is COc1cccc(-c2ccc(N3CCN(C(=O)Nc4cc(C)ccc4OC)CC3)nn2)c1. The second-order valence-electron chi connectivity index (χ2n) is 7.62. The van der Waals surface area contributed by atoms with Crippen LogP contribution in [-0.4, -0.2) is 61.5 Å². The third kappa shape index (κ3) is 4.74. The number of aryl methyl sites for hydroxylation is 1. The largest absolute Gasteiger partial charge is 0.497 e. The summed E-state index contributed by atoms with van der Waals surface area (Å²) in [5.74, 6) is 2.23. The summed E-state index contributed by atoms with van der Waals surface area (Å²) in [5, 5.41) is 11.8. The number of nitrogens with one attached hydrogen (secondary N) is 1. The third-order valence-electron chi connectivity index (χ3n) is 5.50. The van der Waals surface area contributed by atoms with Crippen molar-refractivity contribution in [3.63, 3.8) is 0 Å². The molecular weight excluding hydrogens is 406 g/mol. The van der Waals surface area contributed by atoms with Gasteiger partial charge in [-0.1, -0.05) is 18.2 Å². The van der Waals surface area contributed by atoms with Gasteiger partial charge < -0.3 is 24.6 Å². The van der Waals surface area contributed by atoms with E-state index in [-0.39, 0.29) is 6.03 Å². The van der Waals surface area contributed by atoms with E-state index in [0.717, 1.165) is 28.4 Å². The van der Waals surface area contributed by atoms with Crippen LogP contribution in [0.5, 0.6) is 11.5 Å². The molecule has 1 aliphatic heterocycles. The van der Waals surface area contributed by atoms with Crippen LogP contribution in [0.2, 0.25) is 0 Å². The Morgan fingerprint density at radius 2 is 1.75 bits per heavy atom. The molecule has 1 saturated heterocycles. The third-order valence-corrected chi connectivity index (χ3v) is 5.50. The van der Waals surface area contributed by atoms with Crippen molar-refractivity contribution in [2.45, 2.75) is 6.92 Å². The van der Waals surface area contributed by atoms with Crippen molar-refractivity contribution < 1.29 is 14.3 Å². The minimum Gasteiger partial charge on any atom is -0.497 e. The van der Waals surface area contributed by atoms with Crippen LogP contribution in [-0.2, 0) is 0 Å². The summed E-state index contributed by atoms with van der Waals surface area (Å²) < 4.78 is 10.6. The van der Waals surface area contributed by atoms with Gasteiger partial charge in [-0.05, 0) is 48.9 Å². The zero-order chi connectivity index (χ0) is 22.5. The number of aromatic nitrogens is 2. The van der Waals surface area contributed by atoms with E-state index >= 15 is 0 Å². The Morgan fingerprint density at radius 1 is 0.938 bits per heavy atom. The maximum atomic E-state index is 12.7. The van der Waals surface area contributed by atoms with Crippen molar-refractivity contribution >= 4 is 17.5 Å². The van der Waals surface area contributed by atoms with Gasteiger partial charge in [0.2, 0.25) is 0 Å². The minimum atomic E-state index is -0.131. The molecule has 3 aromatic rings. The molecule has 0 aliphatic carbocycles. The summed E-state index contributed by atoms with van der Waals surface area (Å²) >= 11 is 0. The lowest BCUT2D eigenvalue weighted by molar-refractivity contribution is 0.208. The summed E-state index contributed by atoms with van der Waals surface area (Å²) in [6.45, 7) is 4.55. The highest BCUT2D eigenvalue weighted by Gasteiger charge is 2.23. The Morgan fingerprint density at radius 3 is 2.44 bits per heavy atom. The molecule has 0 saturated carbocycles. The molecule has 0 atom stereocenters. The first-order chi connectivity index (χ1) is 15.6. The van der Waals surface area contributed by atoms with E-state index in [1.54, 1.807) is 19.1 Å². The Labute approximate surface area is 187 Å². The maximum absolute atomic E-state index is 12.7. The van der Waals surface area contributed by atoms with E-state index in [9.17, 15) is 4.79 Å². The molecule has 32 heavy (non-hydrogen) atoms. The van der Waals surface area contributed by atoms with Crippen molar-refractivity contribution in [3.05, 3.63) is 60.2 Å². The molecule has 2 heterocycles. The van der Waals surface area contributed by atoms with Gasteiger partial charge in [0.1, 0.15) is 11.5 Å². The maximum Gasteiger partial charge on any atom is 0.322 e. The quantitative estimate of drug-likeness (QED) is 0.659. The van der Waals surface area contributed by atoms with Crippen LogP contribution >= 0.6 is 0 Å². The van der Waals surface area contributed by atoms with Gasteiger partial charge in [0.25, 0.3) is 0 Å². The first-order valence-electron chi connectivity index (χ1n) is 10.5. The van der Waals surface area contributed by atoms with Crippen LogP contribution in [0, 0.1) is 6.92 Å². The number of amides is 2. The van der Waals surface area contributed by atoms with E-state index in [1.807, 2.05) is 61.5 Å². The number of anilines is 2. The molecule has 0 spiro atoms. The van der Waals surface area contributed by atoms with Crippen LogP contribution in [0.1, 0.15) is 5.56 Å². The van der Waals surface area contributed by atoms with Crippen LogP contribution in [0.4, 0.5) is 16.3 Å². The second kappa shape index (κ2) is 9.55. The Hall–Kier alpha value is -3.81. The van der Waals surface area contributed by atoms with Gasteiger partial charge in [-0.25, -0.2) is 4.79 Å². The van der Waals surface area contributed by atoms with Gasteiger partial charge in [0.15, 0.2) is 5.82 Å². The summed E-state index contributed by atoms with van der Waals surface area (Å²) in [6.07, 6.45) is 0. The number of rotatable bonds is 5. The molecule has 0 unspecified atom stereocenters. The zero-order valence-corrected chi connectivity index (χ0v) is 18.5. The molecule has 0 bridgehead atoms. The molecule has 1 fully saturated rings. The fourth-order valence-electron chi connectivity index (χ4n) is 3.68. The summed E-state index contributed by atoms with van der Waals surface area (Å²) in [6, 6.07) is 17.3. The van der Waals surface area contributed by atoms with Crippen molar-refractivity contribution in [3.8, 4) is 22.8 Å². The molecule has 2 aromatic carbocycles. The summed E-state index contributed by atoms with van der Waals surface area (Å²) in [4.78, 5) is 16.7. The molecule has 166 valence electrons. The Kier molecular flexibility index (Phi) is 6.39. The molecule has 1 aliphatic rings. The van der Waals surface area contributed by atoms with Crippen molar-refractivity contribution in [1.29, 1.82) is 0 Å². The highest BCUT2D eigenvalue weighted by atomic mass is 16.5. The van der Waals surface area contributed by atoms with E-state index in [0.29, 0.717) is 37.6 Å². The number of ether oxygens (including phenoxy) is 2. The van der Waals surface area contributed by atoms with Crippen molar-refractivity contribution in [2.24, 2.45) is 0 Å². The fourth-order valence-corrected chi connectivity index (χ4v) is 3.68. The van der Waals surface area contributed by atoms with Crippen LogP contribution in [0.25, 0.3) is 11.3 Å². The first kappa shape index (κ1) is 21.4. The lowest BCUT2D eigenvalue weighted by atomic mass is 10.1. The van der Waals surface area contributed by atoms with E-state index < -0.39 is 0 Å². The zero-order valence-electron chi connectivity index (χ0n) is 18.5. The Bertz CT molecular complexity index is 1080. The number of carbonyl (C=O) groups excluding carboxylic acids is 1. The number of methoxy groups -OCH3 is 2. The van der Waals surface area contributed by atoms with Crippen molar-refractivity contribution in [1.82, 2.24) is 15.1 Å². The molecule has 0 radical (unpaired) electrons. The number of carbonyl (C=O) groups is 1. The molecule has 4 rings (SSSR count). The monoisotopic (exact) mass is 433 g/mol. The fraction of sp³-hybridized carbons (Fsp3) is 0.292. The summed E-state index contributed by atoms with van der Waals surface area (Å²) in [5.41, 5.74) is 3.48. The minimum absolute atomic E-state index is 0.131. The van der Waals surface area contributed by atoms with Crippen LogP contribution in [0.15, 0.2) is 54.6 Å². The summed E-state index contributed by atoms with van der Waals surface area (Å²) in [7, 11) is 3.24. The molecule has 1 N–H and O–H groups in total. The Balaban J connectivity index is 1.36. The van der Waals surface area contributed by atoms with E-state index in [1.165, 1.54) is 0 Å². The highest BCUT2D eigenvalue weighted by molar-refractivity contribution is 5.91. The van der Waals surface area contributed by atoms with Gasteiger partial charge in [-0.2, -0.15) is 0 Å². The average molecular weight is 434 g/mol.